The zero-order valence-corrected chi connectivity index (χ0v) is 23.8. The maximum atomic E-state index is 8.24. The van der Waals surface area contributed by atoms with Crippen LogP contribution in [0.3, 0.4) is 0 Å². The molecule has 0 unspecified atom stereocenters. The first kappa shape index (κ1) is 69.7. The average molecular weight is 554 g/mol. The zero-order valence-electron chi connectivity index (χ0n) is 19.4. The predicted molar refractivity (Wildman–Crippen MR) is 123 cm³/mol. The molecule has 19 nitrogen and oxygen atoms in total. The Morgan fingerprint density at radius 3 is 1.06 bits per heavy atom. The number of carbonyl (C=O) groups excluding carboxylic acids is 2. The van der Waals surface area contributed by atoms with Gasteiger partial charge in [-0.2, -0.15) is 30.6 Å². The molecule has 0 saturated heterocycles. The van der Waals surface area contributed by atoms with Gasteiger partial charge >= 0.3 is 92.4 Å². The van der Waals surface area contributed by atoms with Crippen LogP contribution >= 0.6 is 0 Å². The van der Waals surface area contributed by atoms with Crippen molar-refractivity contribution < 1.29 is 30.4 Å². The quantitative estimate of drug-likeness (QED) is 0.0462. The minimum Gasteiger partial charge on any atom is -0.870 e. The molecule has 0 aromatic heterocycles. The fraction of sp³-hybridized carbons (Fsp3) is 0.357. The maximum absolute atomic E-state index is 8.24. The first-order chi connectivity index (χ1) is 15.0. The van der Waals surface area contributed by atoms with Crippen LogP contribution in [0, 0.1) is 57.2 Å². The van der Waals surface area contributed by atoms with Gasteiger partial charge in [0.15, 0.2) is 6.19 Å². The Bertz CT molecular complexity index is 646. The van der Waals surface area contributed by atoms with Crippen LogP contribution in [0.2, 0.25) is 0 Å². The molecule has 0 aliphatic rings. The summed E-state index contributed by atoms with van der Waals surface area (Å²) in [6.07, 6.45) is 8.56. The third-order valence-electron chi connectivity index (χ3n) is 0.929. The van der Waals surface area contributed by atoms with E-state index in [2.05, 4.69) is 31.0 Å². The summed E-state index contributed by atoms with van der Waals surface area (Å²) in [5.74, 6) is -0.394. The summed E-state index contributed by atoms with van der Waals surface area (Å²) in [6, 6.07) is 1.75. The maximum Gasteiger partial charge on any atom is 2.00 e. The number of nitrogens with zero attached hydrogens (tertiary/aromatic N) is 8. The van der Waals surface area contributed by atoms with Crippen LogP contribution in [0.15, 0.2) is 11.4 Å². The van der Waals surface area contributed by atoms with Crippen molar-refractivity contribution in [1.29, 1.82) is 26.3 Å². The molecule has 0 aromatic carbocycles. The Morgan fingerprint density at radius 1 is 0.914 bits per heavy atom. The molecule has 0 spiro atoms. The van der Waals surface area contributed by atoms with Gasteiger partial charge in [-0.15, -0.1) is 9.98 Å². The molecule has 21 heteroatoms. The van der Waals surface area contributed by atoms with Gasteiger partial charge in [-0.05, 0) is 0 Å². The Labute approximate surface area is 256 Å². The molecule has 0 bridgehead atoms. The molecule has 0 radical (unpaired) electrons. The van der Waals surface area contributed by atoms with E-state index >= 15 is 0 Å². The van der Waals surface area contributed by atoms with Crippen LogP contribution in [-0.4, -0.2) is 114 Å². The molecule has 0 rings (SSSR count). The van der Waals surface area contributed by atoms with Gasteiger partial charge in [-0.3, -0.25) is 0 Å². The fourth-order valence-corrected chi connectivity index (χ4v) is 0.115. The summed E-state index contributed by atoms with van der Waals surface area (Å²) in [5, 5.41) is 43.9. The number of hydrogen-bond acceptors (Lipinski definition) is 13. The normalized spacial score (nSPS) is 4.34. The van der Waals surface area contributed by atoms with Gasteiger partial charge in [0.2, 0.25) is 24.3 Å². The molecule has 14 N–H and O–H groups in total. The minimum atomic E-state index is -0.197. The van der Waals surface area contributed by atoms with E-state index in [0.717, 1.165) is 35.7 Å². The van der Waals surface area contributed by atoms with Crippen LogP contribution in [0.1, 0.15) is 33.6 Å². The van der Waals surface area contributed by atoms with E-state index in [1.54, 1.807) is 12.3 Å². The van der Waals surface area contributed by atoms with Gasteiger partial charge in [-0.1, -0.05) is 33.2 Å². The molecule has 0 heterocycles. The van der Waals surface area contributed by atoms with Crippen LogP contribution in [0.5, 0.6) is 0 Å². The van der Waals surface area contributed by atoms with Crippen LogP contribution in [0.4, 0.5) is 0 Å². The zero-order chi connectivity index (χ0) is 27.6. The van der Waals surface area contributed by atoms with E-state index in [0.29, 0.717) is 6.47 Å². The number of nitriles is 5. The number of aliphatic hydroxyl groups excluding tert-OH is 1. The van der Waals surface area contributed by atoms with Crippen LogP contribution in [-0.2, 0) is 14.4 Å². The van der Waals surface area contributed by atoms with Crippen LogP contribution in [0.25, 0.3) is 0 Å². The van der Waals surface area contributed by atoms with Gasteiger partial charge in [0.25, 0.3) is 0 Å². The van der Waals surface area contributed by atoms with E-state index in [-0.39, 0.29) is 66.8 Å². The second-order valence-electron chi connectivity index (χ2n) is 3.06. The average Bonchev–Trinajstić information content (AvgIpc) is 2.71. The summed E-state index contributed by atoms with van der Waals surface area (Å²) in [4.78, 5) is 30.3. The molecule has 0 aliphatic carbocycles. The molecule has 35 heavy (non-hydrogen) atoms. The van der Waals surface area contributed by atoms with Crippen molar-refractivity contribution in [3.63, 3.8) is 0 Å². The van der Waals surface area contributed by atoms with E-state index < -0.39 is 0 Å². The molecule has 0 aromatic rings. The van der Waals surface area contributed by atoms with E-state index in [1.165, 1.54) is 38.3 Å². The minimum absolute atomic E-state index is 0. The second kappa shape index (κ2) is 125. The second-order valence-corrected chi connectivity index (χ2v) is 3.55. The number of rotatable bonds is 1. The Balaban J connectivity index is -0.0000000210. The first-order valence-electron chi connectivity index (χ1n) is 7.25. The molecular weight excluding hydrogens is 526 g/mol. The summed E-state index contributed by atoms with van der Waals surface area (Å²) in [5.41, 5.74) is 23.0. The summed E-state index contributed by atoms with van der Waals surface area (Å²) in [6.45, 7) is 6.29. The number of unbranched alkanes of at least 4 members (excludes halogenated alkanes) is 1. The fourth-order valence-electron chi connectivity index (χ4n) is 0.115. The molecule has 0 amide bonds. The molecule has 188 valence electrons. The monoisotopic (exact) mass is 553 g/mol. The smallest absolute Gasteiger partial charge is 0.870 e. The third kappa shape index (κ3) is 1080. The number of nitrogens with two attached hydrogens (primary N) is 5. The number of aliphatic imine (C=N–C) groups is 2. The van der Waals surface area contributed by atoms with E-state index in [9.17, 15) is 0 Å². The van der Waals surface area contributed by atoms with Gasteiger partial charge in [-0.25, -0.2) is 0 Å². The van der Waals surface area contributed by atoms with Gasteiger partial charge < -0.3 is 49.5 Å². The predicted octanol–water partition coefficient (Wildman–Crippen LogP) is -3.29. The topological polar surface area (TPSA) is 419 Å². The van der Waals surface area contributed by atoms with Crippen molar-refractivity contribution in [3.8, 4) is 30.8 Å². The SMILES string of the molecule is CC#N.CCCC.N#CN.N#CN=C(N)N.N#CN=C(N)N.N#C[N]=[Ca].O.O=C=O.O=[C-]O.[Ca+2].[OH-]. The number of hydrogen-bond donors (Lipinski definition) is 6. The molecule has 0 fully saturated rings. The van der Waals surface area contributed by atoms with Crippen molar-refractivity contribution in [1.82, 2.24) is 0 Å². The van der Waals surface area contributed by atoms with Crippen LogP contribution < -0.4 is 28.7 Å². The molecule has 0 atom stereocenters. The van der Waals surface area contributed by atoms with Crippen molar-refractivity contribution in [2.45, 2.75) is 33.6 Å². The van der Waals surface area contributed by atoms with E-state index in [4.69, 9.17) is 68.7 Å². The summed E-state index contributed by atoms with van der Waals surface area (Å²) in [7, 11) is 0. The Kier molecular flexibility index (Phi) is 248. The molecular formula is C14H27Ca2N13O6. The van der Waals surface area contributed by atoms with E-state index in [1.807, 2.05) is 0 Å². The summed E-state index contributed by atoms with van der Waals surface area (Å²) < 4.78 is 3.17. The van der Waals surface area contributed by atoms with Gasteiger partial charge in [0.05, 0.1) is 6.07 Å². The Morgan fingerprint density at radius 2 is 1.06 bits per heavy atom. The van der Waals surface area contributed by atoms with Crippen molar-refractivity contribution in [3.05, 3.63) is 0 Å². The largest absolute Gasteiger partial charge is 2.00 e. The third-order valence-corrected chi connectivity index (χ3v) is 1.15. The van der Waals surface area contributed by atoms with Gasteiger partial charge in [0.1, 0.15) is 0 Å². The first-order valence-corrected chi connectivity index (χ1v) is 8.23. The van der Waals surface area contributed by atoms with Crippen molar-refractivity contribution >= 4 is 98.0 Å². The van der Waals surface area contributed by atoms with Crippen molar-refractivity contribution in [2.24, 2.45) is 40.1 Å². The molecule has 0 saturated carbocycles. The Hall–Kier alpha value is -3.12. The van der Waals surface area contributed by atoms with Gasteiger partial charge in [0, 0.05) is 6.92 Å². The molecule has 0 aliphatic heterocycles. The summed E-state index contributed by atoms with van der Waals surface area (Å²) >= 11 is 0.733. The standard InChI is InChI=1S/C4H10.2C2H4N4.C2H3N.CH2N2.CN2.CHO2.CO2.2Ca.2H2O/c1-3-4-2;2*3-1-6-2(4)5;1-2-3;4*2-1-3;;;;/h3-4H2,1-2H3;2*(H4,4,5,6);1H3;2H2;;(H,2,3);;;;2*1H2/q;;;;;;-1;;;+2;;/p-1. The number of guanidine groups is 2. The van der Waals surface area contributed by atoms with Crippen molar-refractivity contribution in [2.75, 3.05) is 0 Å².